The largest absolute Gasteiger partial charge is 0.303 e. The molecule has 0 fully saturated rings. The summed E-state index contributed by atoms with van der Waals surface area (Å²) < 4.78 is 0. The number of unbranched alkanes of at least 4 members (excludes halogenated alkanes) is 5. The Morgan fingerprint density at radius 2 is 1.37 bits per heavy atom. The van der Waals surface area contributed by atoms with Gasteiger partial charge in [-0.1, -0.05) is 44.1 Å². The van der Waals surface area contributed by atoms with E-state index in [-0.39, 0.29) is 27.7 Å². The standard InChI is InChI=1S/C20H30N2O5/c1-2-19(21(24)25)15-11-7-3-4-8-12-16-20(22(26)27)17-13-9-5-6-10-14-18-23/h3,7-8,12,15,17-18H,2,4-6,9-11,13-14,16H2,1H3/b7-3-,12-8-,19-15+,20-17+. The van der Waals surface area contributed by atoms with E-state index in [0.717, 1.165) is 32.0 Å². The molecule has 0 bridgehead atoms. The number of hydrogen-bond acceptors (Lipinski definition) is 5. The minimum Gasteiger partial charge on any atom is -0.303 e. The quantitative estimate of drug-likeness (QED) is 0.115. The molecular formula is C20H30N2O5. The topological polar surface area (TPSA) is 103 Å². The van der Waals surface area contributed by atoms with Crippen LogP contribution in [0.3, 0.4) is 0 Å². The van der Waals surface area contributed by atoms with Crippen molar-refractivity contribution >= 4 is 6.29 Å². The molecule has 0 aromatic rings. The molecule has 0 atom stereocenters. The smallest absolute Gasteiger partial charge is 0.246 e. The Hall–Kier alpha value is -2.57. The summed E-state index contributed by atoms with van der Waals surface area (Å²) in [5.41, 5.74) is 0.407. The van der Waals surface area contributed by atoms with Gasteiger partial charge in [-0.05, 0) is 44.3 Å². The van der Waals surface area contributed by atoms with Crippen LogP contribution in [0.5, 0.6) is 0 Å². The molecule has 0 aromatic heterocycles. The van der Waals surface area contributed by atoms with Gasteiger partial charge in [-0.2, -0.15) is 0 Å². The molecule has 150 valence electrons. The van der Waals surface area contributed by atoms with Gasteiger partial charge in [0, 0.05) is 12.8 Å². The molecule has 0 spiro atoms. The van der Waals surface area contributed by atoms with E-state index >= 15 is 0 Å². The zero-order valence-electron chi connectivity index (χ0n) is 16.0. The first-order valence-electron chi connectivity index (χ1n) is 9.43. The Balaban J connectivity index is 4.14. The van der Waals surface area contributed by atoms with Crippen molar-refractivity contribution in [2.75, 3.05) is 0 Å². The lowest BCUT2D eigenvalue weighted by Crippen LogP contribution is -1.97. The fourth-order valence-corrected chi connectivity index (χ4v) is 2.35. The summed E-state index contributed by atoms with van der Waals surface area (Å²) in [5, 5.41) is 21.7. The molecule has 0 aliphatic heterocycles. The first-order valence-corrected chi connectivity index (χ1v) is 9.43. The number of carbonyl (C=O) groups excluding carboxylic acids is 1. The number of aldehydes is 1. The third-order valence-electron chi connectivity index (χ3n) is 3.91. The monoisotopic (exact) mass is 378 g/mol. The highest BCUT2D eigenvalue weighted by molar-refractivity contribution is 5.48. The Morgan fingerprint density at radius 1 is 0.778 bits per heavy atom. The van der Waals surface area contributed by atoms with E-state index in [1.54, 1.807) is 25.2 Å². The van der Waals surface area contributed by atoms with Crippen LogP contribution >= 0.6 is 0 Å². The maximum atomic E-state index is 11.0. The molecule has 27 heavy (non-hydrogen) atoms. The van der Waals surface area contributed by atoms with E-state index in [0.29, 0.717) is 32.1 Å². The van der Waals surface area contributed by atoms with Crippen LogP contribution in [0.1, 0.15) is 71.1 Å². The van der Waals surface area contributed by atoms with E-state index in [1.165, 1.54) is 0 Å². The number of carbonyl (C=O) groups is 1. The Bertz CT molecular complexity index is 577. The third-order valence-corrected chi connectivity index (χ3v) is 3.91. The van der Waals surface area contributed by atoms with Crippen molar-refractivity contribution in [2.45, 2.75) is 71.1 Å². The lowest BCUT2D eigenvalue weighted by Gasteiger charge is -1.97. The number of nitrogens with zero attached hydrogens (tertiary/aromatic N) is 2. The van der Waals surface area contributed by atoms with Gasteiger partial charge in [-0.15, -0.1) is 0 Å². The van der Waals surface area contributed by atoms with Gasteiger partial charge in [-0.25, -0.2) is 0 Å². The summed E-state index contributed by atoms with van der Waals surface area (Å²) in [5.74, 6) is 0. The third kappa shape index (κ3) is 14.3. The van der Waals surface area contributed by atoms with E-state index < -0.39 is 0 Å². The van der Waals surface area contributed by atoms with Gasteiger partial charge >= 0.3 is 0 Å². The molecule has 0 aromatic carbocycles. The minimum atomic E-state index is -0.371. The SMILES string of the molecule is CC/C(=C\C/C=C\C/C=C\C/C(=C\CCCCCCC=O)[N+](=O)[O-])[N+](=O)[O-]. The maximum Gasteiger partial charge on any atom is 0.246 e. The summed E-state index contributed by atoms with van der Waals surface area (Å²) in [4.78, 5) is 31.2. The fraction of sp³-hybridized carbons (Fsp3) is 0.550. The molecule has 0 heterocycles. The van der Waals surface area contributed by atoms with Crippen molar-refractivity contribution in [3.8, 4) is 0 Å². The Morgan fingerprint density at radius 3 is 1.96 bits per heavy atom. The lowest BCUT2D eigenvalue weighted by molar-refractivity contribution is -0.427. The summed E-state index contributed by atoms with van der Waals surface area (Å²) in [6, 6.07) is 0. The van der Waals surface area contributed by atoms with Gasteiger partial charge in [0.05, 0.1) is 16.3 Å². The molecule has 0 saturated carbocycles. The summed E-state index contributed by atoms with van der Waals surface area (Å²) in [7, 11) is 0. The number of allylic oxidation sites excluding steroid dienone is 7. The minimum absolute atomic E-state index is 0.199. The normalized spacial score (nSPS) is 12.8. The van der Waals surface area contributed by atoms with Gasteiger partial charge in [0.15, 0.2) is 0 Å². The van der Waals surface area contributed by atoms with Crippen LogP contribution in [0, 0.1) is 20.2 Å². The molecular weight excluding hydrogens is 348 g/mol. The average Bonchev–Trinajstić information content (AvgIpc) is 2.63. The maximum absolute atomic E-state index is 11.0. The fourth-order valence-electron chi connectivity index (χ4n) is 2.35. The Labute approximate surface area is 160 Å². The highest BCUT2D eigenvalue weighted by Gasteiger charge is 2.07. The van der Waals surface area contributed by atoms with Gasteiger partial charge < -0.3 is 4.79 Å². The van der Waals surface area contributed by atoms with Crippen molar-refractivity contribution in [1.82, 2.24) is 0 Å². The second-order valence-corrected chi connectivity index (χ2v) is 6.04. The van der Waals surface area contributed by atoms with Crippen molar-refractivity contribution in [1.29, 1.82) is 0 Å². The summed E-state index contributed by atoms with van der Waals surface area (Å²) >= 11 is 0. The van der Waals surface area contributed by atoms with E-state index in [2.05, 4.69) is 0 Å². The molecule has 0 aliphatic rings. The van der Waals surface area contributed by atoms with E-state index in [1.807, 2.05) is 18.2 Å². The second kappa shape index (κ2) is 16.9. The van der Waals surface area contributed by atoms with Crippen LogP contribution in [0.2, 0.25) is 0 Å². The molecule has 0 rings (SSSR count). The van der Waals surface area contributed by atoms with Gasteiger partial charge in [0.2, 0.25) is 11.4 Å². The second-order valence-electron chi connectivity index (χ2n) is 6.04. The molecule has 7 nitrogen and oxygen atoms in total. The molecule has 0 aliphatic carbocycles. The van der Waals surface area contributed by atoms with Crippen LogP contribution in [0.15, 0.2) is 47.9 Å². The lowest BCUT2D eigenvalue weighted by atomic mass is 10.1. The van der Waals surface area contributed by atoms with Crippen LogP contribution < -0.4 is 0 Å². The van der Waals surface area contributed by atoms with E-state index in [4.69, 9.17) is 0 Å². The molecule has 0 radical (unpaired) electrons. The van der Waals surface area contributed by atoms with Crippen LogP contribution in [0.4, 0.5) is 0 Å². The van der Waals surface area contributed by atoms with Gasteiger partial charge in [0.1, 0.15) is 6.29 Å². The number of rotatable bonds is 16. The Kier molecular flexibility index (Phi) is 15.3. The van der Waals surface area contributed by atoms with Crippen LogP contribution in [-0.2, 0) is 4.79 Å². The molecule has 0 saturated heterocycles. The van der Waals surface area contributed by atoms with Crippen LogP contribution in [-0.4, -0.2) is 16.1 Å². The van der Waals surface area contributed by atoms with Crippen LogP contribution in [0.25, 0.3) is 0 Å². The van der Waals surface area contributed by atoms with Crippen molar-refractivity contribution in [3.05, 3.63) is 68.1 Å². The predicted octanol–water partition coefficient (Wildman–Crippen LogP) is 5.54. The van der Waals surface area contributed by atoms with Crippen molar-refractivity contribution < 1.29 is 14.6 Å². The zero-order valence-corrected chi connectivity index (χ0v) is 16.0. The van der Waals surface area contributed by atoms with Gasteiger partial charge in [0.25, 0.3) is 0 Å². The first kappa shape index (κ1) is 24.4. The molecule has 7 heteroatoms. The summed E-state index contributed by atoms with van der Waals surface area (Å²) in [6.45, 7) is 1.75. The highest BCUT2D eigenvalue weighted by atomic mass is 16.6. The first-order chi connectivity index (χ1) is 13.0. The zero-order chi connectivity index (χ0) is 20.3. The number of hydrogen-bond donors (Lipinski definition) is 0. The molecule has 0 unspecified atom stereocenters. The average molecular weight is 378 g/mol. The highest BCUT2D eigenvalue weighted by Crippen LogP contribution is 2.10. The summed E-state index contributed by atoms with van der Waals surface area (Å²) in [6.07, 6.45) is 18.3. The molecule has 0 amide bonds. The molecule has 0 N–H and O–H groups in total. The van der Waals surface area contributed by atoms with E-state index in [9.17, 15) is 25.0 Å². The van der Waals surface area contributed by atoms with Crippen molar-refractivity contribution in [3.63, 3.8) is 0 Å². The van der Waals surface area contributed by atoms with Crippen molar-refractivity contribution in [2.24, 2.45) is 0 Å². The number of nitro groups is 2. The predicted molar refractivity (Wildman–Crippen MR) is 106 cm³/mol. The van der Waals surface area contributed by atoms with Gasteiger partial charge in [-0.3, -0.25) is 20.2 Å².